The van der Waals surface area contributed by atoms with E-state index < -0.39 is 0 Å². The van der Waals surface area contributed by atoms with Gasteiger partial charge in [0.25, 0.3) is 0 Å². The summed E-state index contributed by atoms with van der Waals surface area (Å²) in [6.07, 6.45) is 5.58. The molecule has 4 heteroatoms. The van der Waals surface area contributed by atoms with Crippen LogP contribution in [0.2, 0.25) is 0 Å². The van der Waals surface area contributed by atoms with Crippen molar-refractivity contribution in [1.82, 2.24) is 10.3 Å². The lowest BCUT2D eigenvalue weighted by atomic mass is 9.92. The third kappa shape index (κ3) is 4.23. The second kappa shape index (κ2) is 5.90. The largest absolute Gasteiger partial charge is 0.472 e. The Balaban J connectivity index is 1.90. The van der Waals surface area contributed by atoms with Crippen LogP contribution in [-0.2, 0) is 11.3 Å². The Labute approximate surface area is 119 Å². The summed E-state index contributed by atoms with van der Waals surface area (Å²) in [7, 11) is 0. The van der Waals surface area contributed by atoms with Crippen LogP contribution in [0.1, 0.15) is 32.8 Å². The van der Waals surface area contributed by atoms with E-state index in [0.29, 0.717) is 13.0 Å². The van der Waals surface area contributed by atoms with Crippen molar-refractivity contribution in [1.29, 1.82) is 0 Å². The van der Waals surface area contributed by atoms with Gasteiger partial charge in [0, 0.05) is 24.7 Å². The predicted molar refractivity (Wildman–Crippen MR) is 77.9 cm³/mol. The third-order valence-electron chi connectivity index (χ3n) is 2.82. The summed E-state index contributed by atoms with van der Waals surface area (Å²) < 4.78 is 5.03. The van der Waals surface area contributed by atoms with Crippen LogP contribution in [0.3, 0.4) is 0 Å². The molecule has 0 aromatic carbocycles. The van der Waals surface area contributed by atoms with Crippen LogP contribution in [0.15, 0.2) is 41.3 Å². The van der Waals surface area contributed by atoms with Gasteiger partial charge in [-0.15, -0.1) is 0 Å². The average molecular weight is 272 g/mol. The number of nitrogens with zero attached hydrogens (tertiary/aromatic N) is 1. The van der Waals surface area contributed by atoms with E-state index in [1.54, 1.807) is 18.7 Å². The Morgan fingerprint density at radius 1 is 1.30 bits per heavy atom. The highest BCUT2D eigenvalue weighted by Gasteiger charge is 2.15. The fraction of sp³-hybridized carbons (Fsp3) is 0.375. The molecule has 0 aliphatic heterocycles. The maximum atomic E-state index is 11.7. The van der Waals surface area contributed by atoms with Crippen molar-refractivity contribution in [3.05, 3.63) is 42.5 Å². The molecule has 1 amide bonds. The maximum Gasteiger partial charge on any atom is 0.220 e. The van der Waals surface area contributed by atoms with Gasteiger partial charge in [0.15, 0.2) is 0 Å². The highest BCUT2D eigenvalue weighted by Crippen LogP contribution is 2.18. The number of hydrogen-bond acceptors (Lipinski definition) is 3. The molecule has 0 unspecified atom stereocenters. The first-order valence-corrected chi connectivity index (χ1v) is 6.68. The Morgan fingerprint density at radius 3 is 2.65 bits per heavy atom. The lowest BCUT2D eigenvalue weighted by molar-refractivity contribution is -0.122. The first-order chi connectivity index (χ1) is 9.44. The lowest BCUT2D eigenvalue weighted by Gasteiger charge is -2.17. The van der Waals surface area contributed by atoms with Gasteiger partial charge in [0.2, 0.25) is 5.91 Å². The Bertz CT molecular complexity index is 551. The summed E-state index contributed by atoms with van der Waals surface area (Å²) in [4.78, 5) is 16.1. The molecule has 0 aliphatic carbocycles. The second-order valence-electron chi connectivity index (χ2n) is 6.08. The number of carbonyl (C=O) groups excluding carboxylic acids is 1. The third-order valence-corrected chi connectivity index (χ3v) is 2.82. The van der Waals surface area contributed by atoms with E-state index in [2.05, 4.69) is 10.3 Å². The fourth-order valence-electron chi connectivity index (χ4n) is 1.85. The summed E-state index contributed by atoms with van der Waals surface area (Å²) in [5.74, 6) is 0.0661. The van der Waals surface area contributed by atoms with Gasteiger partial charge in [-0.2, -0.15) is 0 Å². The van der Waals surface area contributed by atoms with Gasteiger partial charge in [0.05, 0.1) is 18.2 Å². The SMILES string of the molecule is CC(C)(C)CC(=O)NCc1ccc(-c2ccoc2)nc1. The van der Waals surface area contributed by atoms with E-state index in [1.807, 2.05) is 39.0 Å². The van der Waals surface area contributed by atoms with Crippen LogP contribution in [0.25, 0.3) is 11.3 Å². The summed E-state index contributed by atoms with van der Waals surface area (Å²) >= 11 is 0. The van der Waals surface area contributed by atoms with E-state index in [-0.39, 0.29) is 11.3 Å². The number of aromatic nitrogens is 1. The molecule has 0 atom stereocenters. The molecule has 2 rings (SSSR count). The molecule has 106 valence electrons. The van der Waals surface area contributed by atoms with Crippen molar-refractivity contribution in [3.63, 3.8) is 0 Å². The van der Waals surface area contributed by atoms with E-state index >= 15 is 0 Å². The van der Waals surface area contributed by atoms with Gasteiger partial charge in [-0.1, -0.05) is 26.8 Å². The lowest BCUT2D eigenvalue weighted by Crippen LogP contribution is -2.27. The van der Waals surface area contributed by atoms with Gasteiger partial charge in [-0.25, -0.2) is 0 Å². The molecule has 2 aromatic heterocycles. The average Bonchev–Trinajstić information content (AvgIpc) is 2.89. The Hall–Kier alpha value is -2.10. The summed E-state index contributed by atoms with van der Waals surface area (Å²) in [6.45, 7) is 6.66. The van der Waals surface area contributed by atoms with Crippen LogP contribution < -0.4 is 5.32 Å². The molecule has 2 heterocycles. The minimum atomic E-state index is 0.00741. The molecular weight excluding hydrogens is 252 g/mol. The van der Waals surface area contributed by atoms with Crippen molar-refractivity contribution in [2.75, 3.05) is 0 Å². The molecular formula is C16H20N2O2. The minimum absolute atomic E-state index is 0.00741. The molecule has 2 aromatic rings. The number of furan rings is 1. The quantitative estimate of drug-likeness (QED) is 0.928. The zero-order chi connectivity index (χ0) is 14.6. The first-order valence-electron chi connectivity index (χ1n) is 6.68. The summed E-state index contributed by atoms with van der Waals surface area (Å²) in [5.41, 5.74) is 2.81. The van der Waals surface area contributed by atoms with Gasteiger partial charge < -0.3 is 9.73 Å². The molecule has 0 spiro atoms. The Morgan fingerprint density at radius 2 is 2.10 bits per heavy atom. The molecule has 20 heavy (non-hydrogen) atoms. The fourth-order valence-corrected chi connectivity index (χ4v) is 1.85. The second-order valence-corrected chi connectivity index (χ2v) is 6.08. The van der Waals surface area contributed by atoms with Crippen LogP contribution >= 0.6 is 0 Å². The van der Waals surface area contributed by atoms with Crippen molar-refractivity contribution in [2.45, 2.75) is 33.7 Å². The van der Waals surface area contributed by atoms with E-state index in [0.717, 1.165) is 16.8 Å². The smallest absolute Gasteiger partial charge is 0.220 e. The van der Waals surface area contributed by atoms with Crippen LogP contribution in [0.4, 0.5) is 0 Å². The zero-order valence-electron chi connectivity index (χ0n) is 12.1. The zero-order valence-corrected chi connectivity index (χ0v) is 12.1. The number of carbonyl (C=O) groups is 1. The van der Waals surface area contributed by atoms with Crippen molar-refractivity contribution in [2.24, 2.45) is 5.41 Å². The number of rotatable bonds is 4. The van der Waals surface area contributed by atoms with Crippen LogP contribution in [-0.4, -0.2) is 10.9 Å². The molecule has 0 radical (unpaired) electrons. The molecule has 4 nitrogen and oxygen atoms in total. The monoisotopic (exact) mass is 272 g/mol. The predicted octanol–water partition coefficient (Wildman–Crippen LogP) is 3.39. The molecule has 0 bridgehead atoms. The van der Waals surface area contributed by atoms with Gasteiger partial charge in [-0.3, -0.25) is 9.78 Å². The number of pyridine rings is 1. The van der Waals surface area contributed by atoms with Crippen molar-refractivity contribution >= 4 is 5.91 Å². The highest BCUT2D eigenvalue weighted by atomic mass is 16.3. The van der Waals surface area contributed by atoms with Gasteiger partial charge in [0.1, 0.15) is 0 Å². The van der Waals surface area contributed by atoms with Crippen molar-refractivity contribution < 1.29 is 9.21 Å². The molecule has 1 N–H and O–H groups in total. The molecule has 0 fully saturated rings. The number of hydrogen-bond donors (Lipinski definition) is 1. The normalized spacial score (nSPS) is 11.3. The molecule has 0 saturated heterocycles. The molecule has 0 aliphatic rings. The first kappa shape index (κ1) is 14.3. The highest BCUT2D eigenvalue weighted by molar-refractivity contribution is 5.76. The summed E-state index contributed by atoms with van der Waals surface area (Å²) in [6, 6.07) is 5.76. The Kier molecular flexibility index (Phi) is 4.23. The minimum Gasteiger partial charge on any atom is -0.472 e. The van der Waals surface area contributed by atoms with Crippen LogP contribution in [0.5, 0.6) is 0 Å². The molecule has 0 saturated carbocycles. The van der Waals surface area contributed by atoms with Gasteiger partial charge >= 0.3 is 0 Å². The van der Waals surface area contributed by atoms with Crippen molar-refractivity contribution in [3.8, 4) is 11.3 Å². The van der Waals surface area contributed by atoms with Gasteiger partial charge in [-0.05, 0) is 23.1 Å². The van der Waals surface area contributed by atoms with E-state index in [4.69, 9.17) is 4.42 Å². The van der Waals surface area contributed by atoms with Crippen LogP contribution in [0, 0.1) is 5.41 Å². The topological polar surface area (TPSA) is 55.1 Å². The summed E-state index contributed by atoms with van der Waals surface area (Å²) in [5, 5.41) is 2.91. The van der Waals surface area contributed by atoms with E-state index in [9.17, 15) is 4.79 Å². The maximum absolute atomic E-state index is 11.7. The number of amides is 1. The van der Waals surface area contributed by atoms with E-state index in [1.165, 1.54) is 0 Å². The standard InChI is InChI=1S/C16H20N2O2/c1-16(2,3)8-15(19)18-10-12-4-5-14(17-9-12)13-6-7-20-11-13/h4-7,9,11H,8,10H2,1-3H3,(H,18,19). The number of nitrogens with one attached hydrogen (secondary N) is 1.